The number of piperidine rings is 1. The fourth-order valence-corrected chi connectivity index (χ4v) is 3.46. The maximum absolute atomic E-state index is 13.0. The zero-order valence-corrected chi connectivity index (χ0v) is 12.5. The van der Waals surface area contributed by atoms with Gasteiger partial charge < -0.3 is 5.73 Å². The highest BCUT2D eigenvalue weighted by molar-refractivity contribution is 7.80. The highest BCUT2D eigenvalue weighted by Crippen LogP contribution is 2.30. The minimum Gasteiger partial charge on any atom is -0.393 e. The fourth-order valence-electron chi connectivity index (χ4n) is 3.26. The van der Waals surface area contributed by atoms with Gasteiger partial charge in [-0.15, -0.1) is 0 Å². The van der Waals surface area contributed by atoms with Gasteiger partial charge >= 0.3 is 6.18 Å². The van der Waals surface area contributed by atoms with Crippen molar-refractivity contribution < 1.29 is 13.2 Å². The third-order valence-corrected chi connectivity index (χ3v) is 4.76. The Bertz CT molecular complexity index is 361. The van der Waals surface area contributed by atoms with E-state index in [0.717, 1.165) is 19.5 Å². The second kappa shape index (κ2) is 6.15. The molecular weight excluding hydrogens is 287 g/mol. The molecule has 2 N–H and O–H groups in total. The number of piperazine rings is 1. The van der Waals surface area contributed by atoms with E-state index >= 15 is 0 Å². The van der Waals surface area contributed by atoms with Gasteiger partial charge in [-0.3, -0.25) is 9.80 Å². The molecule has 0 saturated carbocycles. The molecule has 3 unspecified atom stereocenters. The number of nitrogens with zero attached hydrogens (tertiary/aromatic N) is 2. The Balaban J connectivity index is 2.02. The van der Waals surface area contributed by atoms with E-state index in [0.29, 0.717) is 12.6 Å². The first-order chi connectivity index (χ1) is 9.29. The van der Waals surface area contributed by atoms with Gasteiger partial charge in [0.25, 0.3) is 0 Å². The third-order valence-electron chi connectivity index (χ3n) is 4.47. The molecule has 0 spiro atoms. The van der Waals surface area contributed by atoms with Gasteiger partial charge in [-0.2, -0.15) is 13.2 Å². The Kier molecular flexibility index (Phi) is 4.92. The van der Waals surface area contributed by atoms with Crippen LogP contribution < -0.4 is 5.73 Å². The van der Waals surface area contributed by atoms with Crippen molar-refractivity contribution in [2.24, 2.45) is 11.7 Å². The standard InChI is InChI=1S/C13H22F3N3S/c1-9-6-18-5-3-2-4-10(18)7-19(9)8-11(12(17)20)13(14,15)16/h9-11H,2-8H2,1H3,(H2,17,20). The lowest BCUT2D eigenvalue weighted by Crippen LogP contribution is -2.60. The molecule has 2 fully saturated rings. The van der Waals surface area contributed by atoms with Crippen LogP contribution in [-0.4, -0.2) is 59.2 Å². The van der Waals surface area contributed by atoms with Crippen molar-refractivity contribution in [3.8, 4) is 0 Å². The van der Waals surface area contributed by atoms with Crippen molar-refractivity contribution in [3.63, 3.8) is 0 Å². The van der Waals surface area contributed by atoms with E-state index in [4.69, 9.17) is 5.73 Å². The summed E-state index contributed by atoms with van der Waals surface area (Å²) in [5, 5.41) is 0. The summed E-state index contributed by atoms with van der Waals surface area (Å²) in [7, 11) is 0. The number of nitrogens with two attached hydrogens (primary N) is 1. The Hall–Kier alpha value is -0.400. The van der Waals surface area contributed by atoms with Crippen LogP contribution in [0.25, 0.3) is 0 Å². The lowest BCUT2D eigenvalue weighted by molar-refractivity contribution is -0.162. The van der Waals surface area contributed by atoms with E-state index in [1.165, 1.54) is 12.8 Å². The molecule has 2 rings (SSSR count). The second-order valence-corrected chi connectivity index (χ2v) is 6.42. The molecule has 2 aliphatic heterocycles. The minimum atomic E-state index is -4.35. The van der Waals surface area contributed by atoms with Gasteiger partial charge in [0, 0.05) is 31.7 Å². The predicted octanol–water partition coefficient (Wildman–Crippen LogP) is 2.01. The van der Waals surface area contributed by atoms with Crippen LogP contribution in [0.5, 0.6) is 0 Å². The lowest BCUT2D eigenvalue weighted by Gasteiger charge is -2.48. The maximum Gasteiger partial charge on any atom is 0.399 e. The monoisotopic (exact) mass is 309 g/mol. The summed E-state index contributed by atoms with van der Waals surface area (Å²) >= 11 is 4.61. The molecule has 3 nitrogen and oxygen atoms in total. The van der Waals surface area contributed by atoms with Gasteiger partial charge in [-0.05, 0) is 26.3 Å². The first-order valence-corrected chi connectivity index (χ1v) is 7.54. The summed E-state index contributed by atoms with van der Waals surface area (Å²) in [6.07, 6.45) is -0.912. The van der Waals surface area contributed by atoms with Crippen molar-refractivity contribution in [2.75, 3.05) is 26.2 Å². The molecule has 116 valence electrons. The number of hydrogen-bond acceptors (Lipinski definition) is 3. The molecule has 0 bridgehead atoms. The Labute approximate surface area is 123 Å². The molecule has 3 atom stereocenters. The van der Waals surface area contributed by atoms with E-state index in [1.54, 1.807) is 0 Å². The molecule has 0 amide bonds. The summed E-state index contributed by atoms with van der Waals surface area (Å²) in [6, 6.07) is 0.503. The molecule has 0 aromatic carbocycles. The van der Waals surface area contributed by atoms with Crippen molar-refractivity contribution >= 4 is 17.2 Å². The first-order valence-electron chi connectivity index (χ1n) is 7.13. The quantitative estimate of drug-likeness (QED) is 0.809. The van der Waals surface area contributed by atoms with Gasteiger partial charge in [-0.1, -0.05) is 18.6 Å². The summed E-state index contributed by atoms with van der Waals surface area (Å²) in [4.78, 5) is 3.87. The minimum absolute atomic E-state index is 0.107. The van der Waals surface area contributed by atoms with Crippen LogP contribution in [0.4, 0.5) is 13.2 Å². The fraction of sp³-hybridized carbons (Fsp3) is 0.923. The zero-order chi connectivity index (χ0) is 14.9. The molecule has 0 radical (unpaired) electrons. The molecule has 0 aromatic heterocycles. The number of fused-ring (bicyclic) bond motifs is 1. The molecule has 20 heavy (non-hydrogen) atoms. The molecule has 2 saturated heterocycles. The Morgan fingerprint density at radius 2 is 2.05 bits per heavy atom. The average Bonchev–Trinajstić information content (AvgIpc) is 2.34. The summed E-state index contributed by atoms with van der Waals surface area (Å²) < 4.78 is 38.9. The largest absolute Gasteiger partial charge is 0.399 e. The number of hydrogen-bond donors (Lipinski definition) is 1. The predicted molar refractivity (Wildman–Crippen MR) is 76.6 cm³/mol. The normalized spacial score (nSPS) is 30.8. The number of alkyl halides is 3. The Morgan fingerprint density at radius 3 is 2.65 bits per heavy atom. The number of thiocarbonyl (C=S) groups is 1. The van der Waals surface area contributed by atoms with E-state index in [9.17, 15) is 13.2 Å². The van der Waals surface area contributed by atoms with E-state index < -0.39 is 17.1 Å². The number of halogens is 3. The van der Waals surface area contributed by atoms with Crippen LogP contribution in [0.2, 0.25) is 0 Å². The molecular formula is C13H22F3N3S. The van der Waals surface area contributed by atoms with E-state index in [1.807, 2.05) is 11.8 Å². The highest BCUT2D eigenvalue weighted by Gasteiger charge is 2.44. The van der Waals surface area contributed by atoms with E-state index in [2.05, 4.69) is 17.1 Å². The average molecular weight is 309 g/mol. The van der Waals surface area contributed by atoms with Crippen LogP contribution >= 0.6 is 12.2 Å². The molecule has 2 heterocycles. The second-order valence-electron chi connectivity index (χ2n) is 5.94. The molecule has 2 aliphatic rings. The van der Waals surface area contributed by atoms with Crippen LogP contribution in [0.15, 0.2) is 0 Å². The van der Waals surface area contributed by atoms with Crippen LogP contribution in [0, 0.1) is 5.92 Å². The summed E-state index contributed by atoms with van der Waals surface area (Å²) in [5.41, 5.74) is 5.29. The van der Waals surface area contributed by atoms with Gasteiger partial charge in [0.2, 0.25) is 0 Å². The smallest absolute Gasteiger partial charge is 0.393 e. The van der Waals surface area contributed by atoms with Gasteiger partial charge in [-0.25, -0.2) is 0 Å². The van der Waals surface area contributed by atoms with Crippen molar-refractivity contribution in [2.45, 2.75) is 44.4 Å². The first kappa shape index (κ1) is 16.0. The Morgan fingerprint density at radius 1 is 1.35 bits per heavy atom. The van der Waals surface area contributed by atoms with Gasteiger partial charge in [0.1, 0.15) is 5.92 Å². The van der Waals surface area contributed by atoms with E-state index in [-0.39, 0.29) is 12.6 Å². The summed E-state index contributed by atoms with van der Waals surface area (Å²) in [6.45, 7) is 4.48. The molecule has 7 heteroatoms. The van der Waals surface area contributed by atoms with Crippen molar-refractivity contribution in [1.29, 1.82) is 0 Å². The van der Waals surface area contributed by atoms with Crippen LogP contribution in [0.3, 0.4) is 0 Å². The third kappa shape index (κ3) is 3.62. The summed E-state index contributed by atoms with van der Waals surface area (Å²) in [5.74, 6) is -1.70. The topological polar surface area (TPSA) is 32.5 Å². The maximum atomic E-state index is 13.0. The lowest BCUT2D eigenvalue weighted by atomic mass is 9.96. The number of rotatable bonds is 3. The van der Waals surface area contributed by atoms with Crippen molar-refractivity contribution in [1.82, 2.24) is 9.80 Å². The van der Waals surface area contributed by atoms with Crippen molar-refractivity contribution in [3.05, 3.63) is 0 Å². The molecule has 0 aliphatic carbocycles. The van der Waals surface area contributed by atoms with Crippen LogP contribution in [0.1, 0.15) is 26.2 Å². The zero-order valence-electron chi connectivity index (χ0n) is 11.7. The SMILES string of the molecule is CC1CN2CCCCC2CN1CC(C(N)=S)C(F)(F)F. The van der Waals surface area contributed by atoms with Gasteiger partial charge in [0.15, 0.2) is 0 Å². The highest BCUT2D eigenvalue weighted by atomic mass is 32.1. The molecule has 0 aromatic rings. The van der Waals surface area contributed by atoms with Crippen LogP contribution in [-0.2, 0) is 0 Å². The van der Waals surface area contributed by atoms with Gasteiger partial charge in [0.05, 0.1) is 4.99 Å².